The van der Waals surface area contributed by atoms with Crippen molar-refractivity contribution in [3.8, 4) is 0 Å². The second-order valence-electron chi connectivity index (χ2n) is 5.70. The minimum absolute atomic E-state index is 0.189. The third-order valence-electron chi connectivity index (χ3n) is 4.14. The normalized spacial score (nSPS) is 16.2. The number of nitrogens with two attached hydrogens (primary N) is 1. The molecule has 1 aliphatic rings. The van der Waals surface area contributed by atoms with Crippen molar-refractivity contribution in [2.24, 2.45) is 5.73 Å². The molecule has 21 heavy (non-hydrogen) atoms. The molecule has 0 radical (unpaired) electrons. The molecule has 3 heteroatoms. The van der Waals surface area contributed by atoms with Gasteiger partial charge in [0.2, 0.25) is 0 Å². The van der Waals surface area contributed by atoms with Crippen LogP contribution >= 0.6 is 0 Å². The van der Waals surface area contributed by atoms with Crippen LogP contribution in [0.2, 0.25) is 0 Å². The van der Waals surface area contributed by atoms with Crippen LogP contribution < -0.4 is 10.6 Å². The molecule has 0 aliphatic carbocycles. The minimum Gasteiger partial charge on any atom is -0.339 e. The van der Waals surface area contributed by atoms with E-state index in [0.717, 1.165) is 37.1 Å². The maximum absolute atomic E-state index is 14.5. The molecule has 0 saturated heterocycles. The Balaban J connectivity index is 2.17. The number of benzene rings is 2. The average Bonchev–Trinajstić information content (AvgIpc) is 2.69. The van der Waals surface area contributed by atoms with Crippen LogP contribution in [0.3, 0.4) is 0 Å². The lowest BCUT2D eigenvalue weighted by atomic mass is 10.0. The summed E-state index contributed by atoms with van der Waals surface area (Å²) in [5, 5.41) is 0. The molecule has 0 fully saturated rings. The molecule has 0 unspecified atom stereocenters. The number of nitrogens with zero attached hydrogens (tertiary/aromatic N) is 1. The van der Waals surface area contributed by atoms with E-state index in [1.54, 1.807) is 6.07 Å². The highest BCUT2D eigenvalue weighted by atomic mass is 19.1. The number of hydrogen-bond donors (Lipinski definition) is 1. The molecule has 110 valence electrons. The first kappa shape index (κ1) is 14.1. The van der Waals surface area contributed by atoms with E-state index in [0.29, 0.717) is 5.69 Å². The van der Waals surface area contributed by atoms with E-state index in [9.17, 15) is 4.39 Å². The SMILES string of the molecule is C[C@@H](N)c1cccc(F)c1N1CCCCc2ccccc21. The van der Waals surface area contributed by atoms with E-state index < -0.39 is 0 Å². The molecule has 1 heterocycles. The summed E-state index contributed by atoms with van der Waals surface area (Å²) in [5.41, 5.74) is 9.96. The molecule has 0 aromatic heterocycles. The molecule has 2 aromatic rings. The zero-order chi connectivity index (χ0) is 14.8. The fourth-order valence-electron chi connectivity index (χ4n) is 3.11. The first-order chi connectivity index (χ1) is 10.2. The molecule has 2 nitrogen and oxygen atoms in total. The Morgan fingerprint density at radius 3 is 2.71 bits per heavy atom. The van der Waals surface area contributed by atoms with E-state index in [1.807, 2.05) is 19.1 Å². The van der Waals surface area contributed by atoms with E-state index in [-0.39, 0.29) is 11.9 Å². The van der Waals surface area contributed by atoms with Crippen molar-refractivity contribution in [2.75, 3.05) is 11.4 Å². The zero-order valence-corrected chi connectivity index (χ0v) is 12.3. The van der Waals surface area contributed by atoms with Crippen LogP contribution in [0.25, 0.3) is 0 Å². The zero-order valence-electron chi connectivity index (χ0n) is 12.3. The van der Waals surface area contributed by atoms with Gasteiger partial charge in [0.05, 0.1) is 5.69 Å². The predicted octanol–water partition coefficient (Wildman–Crippen LogP) is 4.32. The molecule has 1 aliphatic heterocycles. The summed E-state index contributed by atoms with van der Waals surface area (Å²) in [6, 6.07) is 13.3. The lowest BCUT2D eigenvalue weighted by Gasteiger charge is -2.28. The third-order valence-corrected chi connectivity index (χ3v) is 4.14. The first-order valence-corrected chi connectivity index (χ1v) is 7.58. The predicted molar refractivity (Wildman–Crippen MR) is 85.4 cm³/mol. The van der Waals surface area contributed by atoms with Gasteiger partial charge < -0.3 is 10.6 Å². The van der Waals surface area contributed by atoms with Crippen LogP contribution in [-0.4, -0.2) is 6.54 Å². The maximum atomic E-state index is 14.5. The van der Waals surface area contributed by atoms with Crippen molar-refractivity contribution in [3.05, 3.63) is 59.4 Å². The number of para-hydroxylation sites is 2. The number of rotatable bonds is 2. The number of aryl methyl sites for hydroxylation is 1. The molecule has 3 rings (SSSR count). The van der Waals surface area contributed by atoms with Gasteiger partial charge in [-0.25, -0.2) is 4.39 Å². The van der Waals surface area contributed by atoms with Crippen molar-refractivity contribution in [2.45, 2.75) is 32.2 Å². The minimum atomic E-state index is -0.193. The topological polar surface area (TPSA) is 29.3 Å². The highest BCUT2D eigenvalue weighted by molar-refractivity contribution is 5.70. The van der Waals surface area contributed by atoms with E-state index >= 15 is 0 Å². The Hall–Kier alpha value is -1.87. The second kappa shape index (κ2) is 5.86. The monoisotopic (exact) mass is 284 g/mol. The molecule has 0 spiro atoms. The van der Waals surface area contributed by atoms with Crippen LogP contribution in [-0.2, 0) is 6.42 Å². The molecule has 2 aromatic carbocycles. The summed E-state index contributed by atoms with van der Waals surface area (Å²) in [6.45, 7) is 2.74. The van der Waals surface area contributed by atoms with Gasteiger partial charge in [0.25, 0.3) is 0 Å². The van der Waals surface area contributed by atoms with Crippen molar-refractivity contribution in [3.63, 3.8) is 0 Å². The van der Waals surface area contributed by atoms with E-state index in [1.165, 1.54) is 11.6 Å². The van der Waals surface area contributed by atoms with Crippen molar-refractivity contribution >= 4 is 11.4 Å². The van der Waals surface area contributed by atoms with Crippen molar-refractivity contribution in [1.29, 1.82) is 0 Å². The fourth-order valence-corrected chi connectivity index (χ4v) is 3.11. The second-order valence-corrected chi connectivity index (χ2v) is 5.70. The molecular formula is C18H21FN2. The Bertz CT molecular complexity index is 637. The summed E-state index contributed by atoms with van der Waals surface area (Å²) in [4.78, 5) is 2.11. The summed E-state index contributed by atoms with van der Waals surface area (Å²) in [6.07, 6.45) is 3.24. The average molecular weight is 284 g/mol. The van der Waals surface area contributed by atoms with Crippen LogP contribution in [0, 0.1) is 5.82 Å². The summed E-state index contributed by atoms with van der Waals surface area (Å²) < 4.78 is 14.5. The maximum Gasteiger partial charge on any atom is 0.147 e. The Morgan fingerprint density at radius 2 is 1.90 bits per heavy atom. The number of halogens is 1. The smallest absolute Gasteiger partial charge is 0.147 e. The van der Waals surface area contributed by atoms with Gasteiger partial charge in [-0.1, -0.05) is 30.3 Å². The summed E-state index contributed by atoms with van der Waals surface area (Å²) in [5.74, 6) is -0.193. The molecular weight excluding hydrogens is 263 g/mol. The highest BCUT2D eigenvalue weighted by Gasteiger charge is 2.22. The van der Waals surface area contributed by atoms with Gasteiger partial charge in [0.1, 0.15) is 5.82 Å². The Kier molecular flexibility index (Phi) is 3.93. The van der Waals surface area contributed by atoms with Gasteiger partial charge >= 0.3 is 0 Å². The molecule has 1 atom stereocenters. The molecule has 2 N–H and O–H groups in total. The van der Waals surface area contributed by atoms with Gasteiger partial charge in [-0.15, -0.1) is 0 Å². The molecule has 0 saturated carbocycles. The van der Waals surface area contributed by atoms with Crippen LogP contribution in [0.5, 0.6) is 0 Å². The van der Waals surface area contributed by atoms with Gasteiger partial charge in [-0.2, -0.15) is 0 Å². The Labute approximate surface area is 125 Å². The lowest BCUT2D eigenvalue weighted by molar-refractivity contribution is 0.617. The van der Waals surface area contributed by atoms with Crippen molar-refractivity contribution in [1.82, 2.24) is 0 Å². The summed E-state index contributed by atoms with van der Waals surface area (Å²) >= 11 is 0. The standard InChI is InChI=1S/C18H21FN2/c1-13(20)15-9-6-10-16(19)18(15)21-12-5-4-8-14-7-2-3-11-17(14)21/h2-3,6-7,9-11,13H,4-5,8,12,20H2,1H3/t13-/m1/s1. The van der Waals surface area contributed by atoms with Gasteiger partial charge in [0.15, 0.2) is 0 Å². The number of fused-ring (bicyclic) bond motifs is 1. The van der Waals surface area contributed by atoms with Gasteiger partial charge in [-0.3, -0.25) is 0 Å². The first-order valence-electron chi connectivity index (χ1n) is 7.58. The van der Waals surface area contributed by atoms with Crippen LogP contribution in [0.15, 0.2) is 42.5 Å². The van der Waals surface area contributed by atoms with E-state index in [2.05, 4.69) is 23.1 Å². The molecule has 0 bridgehead atoms. The van der Waals surface area contributed by atoms with Crippen LogP contribution in [0.1, 0.15) is 36.9 Å². The lowest BCUT2D eigenvalue weighted by Crippen LogP contribution is -2.22. The van der Waals surface area contributed by atoms with Crippen molar-refractivity contribution < 1.29 is 4.39 Å². The van der Waals surface area contributed by atoms with Gasteiger partial charge in [0, 0.05) is 18.3 Å². The molecule has 0 amide bonds. The quantitative estimate of drug-likeness (QED) is 0.890. The number of hydrogen-bond acceptors (Lipinski definition) is 2. The third kappa shape index (κ3) is 2.66. The number of anilines is 2. The van der Waals surface area contributed by atoms with E-state index in [4.69, 9.17) is 5.73 Å². The van der Waals surface area contributed by atoms with Gasteiger partial charge in [-0.05, 0) is 49.4 Å². The fraction of sp³-hybridized carbons (Fsp3) is 0.333. The largest absolute Gasteiger partial charge is 0.339 e. The Morgan fingerprint density at radius 1 is 1.10 bits per heavy atom. The highest BCUT2D eigenvalue weighted by Crippen LogP contribution is 2.37. The van der Waals surface area contributed by atoms with Crippen LogP contribution in [0.4, 0.5) is 15.8 Å². The summed E-state index contributed by atoms with van der Waals surface area (Å²) in [7, 11) is 0.